The number of allylic oxidation sites excluding steroid dienone is 2. The summed E-state index contributed by atoms with van der Waals surface area (Å²) < 4.78 is 5.58. The number of rotatable bonds is 3. The number of aromatic hydroxyl groups is 2. The Labute approximate surface area is 142 Å². The lowest BCUT2D eigenvalue weighted by Crippen LogP contribution is -2.06. The van der Waals surface area contributed by atoms with Crippen LogP contribution in [0.25, 0.3) is 21.9 Å². The van der Waals surface area contributed by atoms with Crippen molar-refractivity contribution in [1.82, 2.24) is 0 Å². The Morgan fingerprint density at radius 1 is 1.16 bits per heavy atom. The van der Waals surface area contributed by atoms with Crippen LogP contribution in [0.5, 0.6) is 11.5 Å². The molecule has 1 aromatic heterocycles. The molecule has 25 heavy (non-hydrogen) atoms. The van der Waals surface area contributed by atoms with Crippen molar-refractivity contribution >= 4 is 27.9 Å². The molecule has 0 aliphatic carbocycles. The summed E-state index contributed by atoms with van der Waals surface area (Å²) in [6, 6.07) is 5.20. The molecule has 0 atom stereocenters. The van der Waals surface area contributed by atoms with Gasteiger partial charge in [-0.3, -0.25) is 4.79 Å². The molecule has 0 spiro atoms. The van der Waals surface area contributed by atoms with Crippen molar-refractivity contribution in [3.05, 3.63) is 57.3 Å². The van der Waals surface area contributed by atoms with Crippen molar-refractivity contribution in [1.29, 1.82) is 0 Å². The summed E-state index contributed by atoms with van der Waals surface area (Å²) in [6.07, 6.45) is 2.06. The van der Waals surface area contributed by atoms with Crippen molar-refractivity contribution in [3.63, 3.8) is 0 Å². The van der Waals surface area contributed by atoms with Gasteiger partial charge in [-0.2, -0.15) is 0 Å². The molecule has 0 saturated carbocycles. The quantitative estimate of drug-likeness (QED) is 0.497. The van der Waals surface area contributed by atoms with Crippen molar-refractivity contribution in [2.45, 2.75) is 20.3 Å². The molecule has 0 amide bonds. The van der Waals surface area contributed by atoms with Crippen LogP contribution >= 0.6 is 0 Å². The van der Waals surface area contributed by atoms with Crippen LogP contribution in [0.1, 0.15) is 29.8 Å². The minimum absolute atomic E-state index is 0.0384. The fourth-order valence-electron chi connectivity index (χ4n) is 2.66. The molecule has 0 saturated heterocycles. The van der Waals surface area contributed by atoms with E-state index in [1.807, 2.05) is 19.9 Å². The van der Waals surface area contributed by atoms with E-state index >= 15 is 0 Å². The Morgan fingerprint density at radius 2 is 1.88 bits per heavy atom. The molecular formula is C19H16O6. The van der Waals surface area contributed by atoms with Crippen LogP contribution in [0, 0.1) is 0 Å². The van der Waals surface area contributed by atoms with E-state index in [2.05, 4.69) is 0 Å². The molecule has 6 heteroatoms. The minimum atomic E-state index is -1.17. The van der Waals surface area contributed by atoms with E-state index in [4.69, 9.17) is 9.52 Å². The number of carbonyl (C=O) groups is 1. The number of phenols is 2. The average molecular weight is 340 g/mol. The van der Waals surface area contributed by atoms with Gasteiger partial charge in [0.1, 0.15) is 28.1 Å². The van der Waals surface area contributed by atoms with Gasteiger partial charge in [-0.05, 0) is 38.5 Å². The lowest BCUT2D eigenvalue weighted by Gasteiger charge is -2.10. The van der Waals surface area contributed by atoms with Crippen LogP contribution in [0.2, 0.25) is 0 Å². The predicted molar refractivity (Wildman–Crippen MR) is 93.4 cm³/mol. The van der Waals surface area contributed by atoms with Gasteiger partial charge in [-0.1, -0.05) is 11.6 Å². The molecule has 0 aliphatic rings. The lowest BCUT2D eigenvalue weighted by atomic mass is 10.0. The van der Waals surface area contributed by atoms with Crippen LogP contribution in [-0.2, 0) is 6.42 Å². The van der Waals surface area contributed by atoms with E-state index in [0.717, 1.165) is 5.57 Å². The van der Waals surface area contributed by atoms with Crippen LogP contribution in [0.3, 0.4) is 0 Å². The second-order valence-corrected chi connectivity index (χ2v) is 6.03. The highest BCUT2D eigenvalue weighted by Gasteiger charge is 2.18. The molecule has 0 fully saturated rings. The summed E-state index contributed by atoms with van der Waals surface area (Å²) in [7, 11) is 0. The van der Waals surface area contributed by atoms with Crippen molar-refractivity contribution < 1.29 is 24.5 Å². The van der Waals surface area contributed by atoms with Crippen molar-refractivity contribution in [2.75, 3.05) is 0 Å². The smallest absolute Gasteiger partial charge is 0.335 e. The normalized spacial score (nSPS) is 11.0. The highest BCUT2D eigenvalue weighted by molar-refractivity contribution is 5.98. The first-order chi connectivity index (χ1) is 11.8. The molecular weight excluding hydrogens is 324 g/mol. The summed E-state index contributed by atoms with van der Waals surface area (Å²) in [6.45, 7) is 3.76. The van der Waals surface area contributed by atoms with Gasteiger partial charge >= 0.3 is 5.97 Å². The number of carboxylic acid groups (broad SMARTS) is 1. The topological polar surface area (TPSA) is 108 Å². The van der Waals surface area contributed by atoms with Gasteiger partial charge in [0.15, 0.2) is 0 Å². The molecule has 0 aliphatic heterocycles. The predicted octanol–water partition coefficient (Wildman–Crippen LogP) is 3.56. The third-order valence-corrected chi connectivity index (χ3v) is 3.98. The number of hydrogen-bond donors (Lipinski definition) is 3. The lowest BCUT2D eigenvalue weighted by molar-refractivity contribution is 0.0697. The molecule has 0 radical (unpaired) electrons. The summed E-state index contributed by atoms with van der Waals surface area (Å²) in [5.41, 5.74) is 0.831. The zero-order valence-electron chi connectivity index (χ0n) is 13.7. The van der Waals surface area contributed by atoms with E-state index in [-0.39, 0.29) is 51.0 Å². The highest BCUT2D eigenvalue weighted by atomic mass is 16.4. The average Bonchev–Trinajstić information content (AvgIpc) is 2.53. The second kappa shape index (κ2) is 5.98. The minimum Gasteiger partial charge on any atom is -0.507 e. The first kappa shape index (κ1) is 16.6. The van der Waals surface area contributed by atoms with Crippen molar-refractivity contribution in [3.8, 4) is 11.5 Å². The van der Waals surface area contributed by atoms with Crippen LogP contribution in [0.15, 0.2) is 45.1 Å². The number of phenolic OH excluding ortho intramolecular Hbond substituents is 2. The van der Waals surface area contributed by atoms with Crippen LogP contribution in [-0.4, -0.2) is 21.3 Å². The van der Waals surface area contributed by atoms with Crippen molar-refractivity contribution in [2.24, 2.45) is 0 Å². The monoisotopic (exact) mass is 340 g/mol. The third kappa shape index (κ3) is 2.82. The zero-order chi connectivity index (χ0) is 18.3. The third-order valence-electron chi connectivity index (χ3n) is 3.98. The van der Waals surface area contributed by atoms with Gasteiger partial charge in [-0.15, -0.1) is 0 Å². The largest absolute Gasteiger partial charge is 0.507 e. The SMILES string of the molecule is CC(C)=CCc1c(O)cc2oc3ccc(C(=O)O)cc3c(=O)c2c1O. The Kier molecular flexibility index (Phi) is 3.96. The van der Waals surface area contributed by atoms with Gasteiger partial charge < -0.3 is 19.7 Å². The first-order valence-electron chi connectivity index (χ1n) is 7.60. The van der Waals surface area contributed by atoms with Gasteiger partial charge in [0.2, 0.25) is 5.43 Å². The van der Waals surface area contributed by atoms with Gasteiger partial charge in [0.25, 0.3) is 0 Å². The number of benzene rings is 2. The number of fused-ring (bicyclic) bond motifs is 2. The van der Waals surface area contributed by atoms with Gasteiger partial charge in [0.05, 0.1) is 10.9 Å². The van der Waals surface area contributed by atoms with Crippen LogP contribution < -0.4 is 5.43 Å². The van der Waals surface area contributed by atoms with Crippen LogP contribution in [0.4, 0.5) is 0 Å². The molecule has 2 aromatic carbocycles. The molecule has 3 aromatic rings. The summed E-state index contributed by atoms with van der Waals surface area (Å²) in [5.74, 6) is -1.70. The number of carboxylic acids is 1. The Morgan fingerprint density at radius 3 is 2.52 bits per heavy atom. The highest BCUT2D eigenvalue weighted by Crippen LogP contribution is 2.36. The molecule has 3 rings (SSSR count). The standard InChI is InChI=1S/C19H16O6/c1-9(2)3-5-11-13(20)8-15-16(17(11)21)18(22)12-7-10(19(23)24)4-6-14(12)25-15/h3-4,6-8,20-21H,5H2,1-2H3,(H,23,24). The van der Waals surface area contributed by atoms with Gasteiger partial charge in [0, 0.05) is 11.6 Å². The van der Waals surface area contributed by atoms with E-state index in [1.54, 1.807) is 0 Å². The van der Waals surface area contributed by atoms with Gasteiger partial charge in [-0.25, -0.2) is 4.79 Å². The zero-order valence-corrected chi connectivity index (χ0v) is 13.7. The van der Waals surface area contributed by atoms with E-state index in [0.29, 0.717) is 0 Å². The Balaban J connectivity index is 2.37. The maximum Gasteiger partial charge on any atom is 0.335 e. The maximum absolute atomic E-state index is 12.8. The Bertz CT molecular complexity index is 1100. The second-order valence-electron chi connectivity index (χ2n) is 6.03. The summed E-state index contributed by atoms with van der Waals surface area (Å²) in [4.78, 5) is 23.9. The van der Waals surface area contributed by atoms with E-state index in [1.165, 1.54) is 24.3 Å². The van der Waals surface area contributed by atoms with E-state index < -0.39 is 11.4 Å². The number of hydrogen-bond acceptors (Lipinski definition) is 5. The fourth-order valence-corrected chi connectivity index (χ4v) is 2.66. The summed E-state index contributed by atoms with van der Waals surface area (Å²) >= 11 is 0. The maximum atomic E-state index is 12.8. The molecule has 0 unspecified atom stereocenters. The Hall–Kier alpha value is -3.28. The number of aromatic carboxylic acids is 1. The summed E-state index contributed by atoms with van der Waals surface area (Å²) in [5, 5.41) is 29.7. The van der Waals surface area contributed by atoms with E-state index in [9.17, 15) is 19.8 Å². The molecule has 3 N–H and O–H groups in total. The molecule has 1 heterocycles. The molecule has 128 valence electrons. The molecule has 0 bridgehead atoms. The fraction of sp³-hybridized carbons (Fsp3) is 0.158. The molecule has 6 nitrogen and oxygen atoms in total. The first-order valence-corrected chi connectivity index (χ1v) is 7.60.